The molecule has 0 unspecified atom stereocenters. The summed E-state index contributed by atoms with van der Waals surface area (Å²) in [5.74, 6) is 32.8. The molecule has 0 amide bonds. The molecule has 0 heterocycles. The van der Waals surface area contributed by atoms with Crippen LogP contribution < -0.4 is 0 Å². The third kappa shape index (κ3) is 12.5. The van der Waals surface area contributed by atoms with Gasteiger partial charge >= 0.3 is 0 Å². The maximum Gasteiger partial charge on any atom is 0.157 e. The quantitative estimate of drug-likeness (QED) is 0.121. The molecule has 1 heteroatoms. The van der Waals surface area contributed by atoms with E-state index in [0.717, 1.165) is 92.0 Å². The SMILES string of the molecule is CCCc1ccc(C#Cc2c(F)c(C#Cc3ccc(CCC)cc3)c(C#Cc3ccc(CCC)cc3)c(C#Cc3ccc(CCC)cc3)c2C#Cc2ccc(CCC)cc2)cc1. The molecule has 0 nitrogen and oxygen atoms in total. The zero-order valence-corrected chi connectivity index (χ0v) is 37.0. The molecular formula is C61H55F. The summed E-state index contributed by atoms with van der Waals surface area (Å²) < 4.78 is 17.7. The van der Waals surface area contributed by atoms with E-state index in [4.69, 9.17) is 0 Å². The van der Waals surface area contributed by atoms with Crippen LogP contribution in [-0.4, -0.2) is 0 Å². The first-order valence-electron chi connectivity index (χ1n) is 22.3. The van der Waals surface area contributed by atoms with Crippen LogP contribution in [0.5, 0.6) is 0 Å². The molecule has 0 saturated carbocycles. The normalized spacial score (nSPS) is 10.1. The Bertz CT molecular complexity index is 2600. The van der Waals surface area contributed by atoms with Gasteiger partial charge in [-0.2, -0.15) is 0 Å². The van der Waals surface area contributed by atoms with E-state index in [-0.39, 0.29) is 11.1 Å². The van der Waals surface area contributed by atoms with Crippen molar-refractivity contribution in [2.24, 2.45) is 0 Å². The molecule has 0 bridgehead atoms. The van der Waals surface area contributed by atoms with E-state index < -0.39 is 5.82 Å². The highest BCUT2D eigenvalue weighted by Gasteiger charge is 2.21. The maximum atomic E-state index is 17.7. The fraction of sp³-hybridized carbons (Fsp3) is 0.246. The summed E-state index contributed by atoms with van der Waals surface area (Å²) in [5, 5.41) is 0. The van der Waals surface area contributed by atoms with E-state index in [2.05, 4.69) is 154 Å². The number of hydrogen-bond donors (Lipinski definition) is 0. The van der Waals surface area contributed by atoms with Gasteiger partial charge in [-0.25, -0.2) is 4.39 Å². The summed E-state index contributed by atoms with van der Waals surface area (Å²) in [6, 6.07) is 41.2. The highest BCUT2D eigenvalue weighted by Crippen LogP contribution is 2.27. The van der Waals surface area contributed by atoms with E-state index in [1.807, 2.05) is 60.7 Å². The lowest BCUT2D eigenvalue weighted by Gasteiger charge is -2.11. The van der Waals surface area contributed by atoms with Gasteiger partial charge < -0.3 is 0 Å². The van der Waals surface area contributed by atoms with Crippen molar-refractivity contribution in [3.8, 4) is 59.2 Å². The van der Waals surface area contributed by atoms with Gasteiger partial charge in [-0.05, 0) is 121 Å². The summed E-state index contributed by atoms with van der Waals surface area (Å²) in [5.41, 5.74) is 11.9. The van der Waals surface area contributed by atoms with Crippen molar-refractivity contribution in [1.82, 2.24) is 0 Å². The van der Waals surface area contributed by atoms with E-state index >= 15 is 4.39 Å². The molecule has 0 aliphatic heterocycles. The third-order valence-corrected chi connectivity index (χ3v) is 10.6. The number of rotatable bonds is 10. The summed E-state index contributed by atoms with van der Waals surface area (Å²) in [6.07, 6.45) is 10.2. The van der Waals surface area contributed by atoms with Gasteiger partial charge in [0.15, 0.2) is 5.82 Å². The Morgan fingerprint density at radius 2 is 0.435 bits per heavy atom. The minimum Gasteiger partial charge on any atom is -0.204 e. The lowest BCUT2D eigenvalue weighted by atomic mass is 9.90. The fourth-order valence-electron chi connectivity index (χ4n) is 7.22. The molecule has 0 N–H and O–H groups in total. The van der Waals surface area contributed by atoms with Crippen molar-refractivity contribution in [1.29, 1.82) is 0 Å². The Morgan fingerprint density at radius 3 is 0.629 bits per heavy atom. The Hall–Kier alpha value is -6.95. The number of halogens is 1. The predicted molar refractivity (Wildman–Crippen MR) is 258 cm³/mol. The first kappa shape index (κ1) is 44.6. The molecular weight excluding hydrogens is 752 g/mol. The van der Waals surface area contributed by atoms with E-state index in [9.17, 15) is 0 Å². The van der Waals surface area contributed by atoms with Crippen molar-refractivity contribution in [2.75, 3.05) is 0 Å². The fourth-order valence-corrected chi connectivity index (χ4v) is 7.22. The monoisotopic (exact) mass is 806 g/mol. The molecule has 0 spiro atoms. The second-order valence-electron chi connectivity index (χ2n) is 15.7. The summed E-state index contributed by atoms with van der Waals surface area (Å²) in [7, 11) is 0. The van der Waals surface area contributed by atoms with Gasteiger partial charge in [0.1, 0.15) is 0 Å². The van der Waals surface area contributed by atoms with Crippen molar-refractivity contribution in [3.05, 3.63) is 211 Å². The first-order chi connectivity index (χ1) is 30.4. The van der Waals surface area contributed by atoms with Crippen LogP contribution in [0.15, 0.2) is 121 Å². The molecule has 6 aromatic rings. The lowest BCUT2D eigenvalue weighted by molar-refractivity contribution is 0.619. The molecule has 0 fully saturated rings. The van der Waals surface area contributed by atoms with E-state index in [0.29, 0.717) is 16.7 Å². The topological polar surface area (TPSA) is 0 Å². The van der Waals surface area contributed by atoms with Gasteiger partial charge in [0.2, 0.25) is 0 Å². The highest BCUT2D eigenvalue weighted by molar-refractivity contribution is 5.73. The van der Waals surface area contributed by atoms with E-state index in [1.54, 1.807) is 0 Å². The molecule has 0 radical (unpaired) electrons. The Morgan fingerprint density at radius 1 is 0.258 bits per heavy atom. The maximum absolute atomic E-state index is 17.7. The molecule has 0 atom stereocenters. The molecule has 6 aromatic carbocycles. The Balaban J connectivity index is 1.66. The number of aryl methyl sites for hydroxylation is 5. The van der Waals surface area contributed by atoms with Crippen molar-refractivity contribution in [3.63, 3.8) is 0 Å². The molecule has 62 heavy (non-hydrogen) atoms. The largest absolute Gasteiger partial charge is 0.204 e. The molecule has 0 aliphatic carbocycles. The zero-order valence-electron chi connectivity index (χ0n) is 37.0. The van der Waals surface area contributed by atoms with Gasteiger partial charge in [-0.1, -0.05) is 187 Å². The van der Waals surface area contributed by atoms with Crippen molar-refractivity contribution in [2.45, 2.75) is 98.8 Å². The van der Waals surface area contributed by atoms with Gasteiger partial charge in [0, 0.05) is 27.8 Å². The van der Waals surface area contributed by atoms with Crippen molar-refractivity contribution >= 4 is 0 Å². The smallest absolute Gasteiger partial charge is 0.157 e. The zero-order chi connectivity index (χ0) is 43.5. The van der Waals surface area contributed by atoms with E-state index in [1.165, 1.54) is 27.8 Å². The van der Waals surface area contributed by atoms with Crippen LogP contribution in [-0.2, 0) is 32.1 Å². The average Bonchev–Trinajstić information content (AvgIpc) is 3.29. The van der Waals surface area contributed by atoms with Crippen molar-refractivity contribution < 1.29 is 4.39 Å². The minimum absolute atomic E-state index is 0.150. The summed E-state index contributed by atoms with van der Waals surface area (Å²) in [4.78, 5) is 0. The van der Waals surface area contributed by atoms with Crippen LogP contribution in [0.1, 0.15) is 150 Å². The third-order valence-electron chi connectivity index (χ3n) is 10.6. The number of hydrogen-bond acceptors (Lipinski definition) is 0. The Labute approximate surface area is 371 Å². The van der Waals surface area contributed by atoms with Gasteiger partial charge in [-0.15, -0.1) is 0 Å². The first-order valence-corrected chi connectivity index (χ1v) is 22.3. The van der Waals surface area contributed by atoms with Crippen LogP contribution in [0.3, 0.4) is 0 Å². The second-order valence-corrected chi connectivity index (χ2v) is 15.7. The van der Waals surface area contributed by atoms with Crippen LogP contribution in [0.4, 0.5) is 4.39 Å². The van der Waals surface area contributed by atoms with Crippen LogP contribution in [0.2, 0.25) is 0 Å². The molecule has 0 aromatic heterocycles. The van der Waals surface area contributed by atoms with Gasteiger partial charge in [0.25, 0.3) is 0 Å². The molecule has 306 valence electrons. The van der Waals surface area contributed by atoms with Crippen LogP contribution in [0.25, 0.3) is 0 Å². The van der Waals surface area contributed by atoms with Crippen LogP contribution in [0, 0.1) is 65.0 Å². The number of benzene rings is 6. The van der Waals surface area contributed by atoms with Gasteiger partial charge in [0.05, 0.1) is 27.8 Å². The van der Waals surface area contributed by atoms with Gasteiger partial charge in [-0.3, -0.25) is 0 Å². The summed E-state index contributed by atoms with van der Waals surface area (Å²) >= 11 is 0. The lowest BCUT2D eigenvalue weighted by Crippen LogP contribution is -2.05. The molecule has 0 saturated heterocycles. The Kier molecular flexibility index (Phi) is 16.7. The van der Waals surface area contributed by atoms with Crippen LogP contribution >= 0.6 is 0 Å². The average molecular weight is 807 g/mol. The summed E-state index contributed by atoms with van der Waals surface area (Å²) in [6.45, 7) is 10.9. The predicted octanol–water partition coefficient (Wildman–Crippen LogP) is 13.6. The molecule has 0 aliphatic rings. The minimum atomic E-state index is -0.560. The highest BCUT2D eigenvalue weighted by atomic mass is 19.1. The molecule has 6 rings (SSSR count). The standard InChI is InChI=1S/C61H55F/c1-6-11-46-16-26-51(27-17-46)36-41-56-57(42-37-52-28-18-47(12-7-2)19-29-52)59(44-39-54-32-22-49(14-9-4)23-33-54)61(62)60(45-40-55-34-24-50(15-10-5)25-35-55)58(56)43-38-53-30-20-48(13-8-3)21-31-53/h16-35H,6-15H2,1-5H3. The second kappa shape index (κ2) is 23.2.